The third-order valence-corrected chi connectivity index (χ3v) is 3.23. The number of hydrogen-bond acceptors (Lipinski definition) is 7. The van der Waals surface area contributed by atoms with Crippen LogP contribution in [0, 0.1) is 17.8 Å². The first kappa shape index (κ1) is 16.4. The third kappa shape index (κ3) is 4.80. The second-order valence-electron chi connectivity index (χ2n) is 5.38. The van der Waals surface area contributed by atoms with Crippen molar-refractivity contribution in [3.63, 3.8) is 0 Å². The van der Waals surface area contributed by atoms with Gasteiger partial charge in [0.1, 0.15) is 0 Å². The lowest BCUT2D eigenvalue weighted by molar-refractivity contribution is 0.302. The van der Waals surface area contributed by atoms with Crippen molar-refractivity contribution < 1.29 is 4.74 Å². The summed E-state index contributed by atoms with van der Waals surface area (Å²) in [6.45, 7) is 12.1. The smallest absolute Gasteiger partial charge is 0.323 e. The second kappa shape index (κ2) is 7.84. The van der Waals surface area contributed by atoms with Crippen LogP contribution in [-0.4, -0.2) is 28.1 Å². The quantitative estimate of drug-likeness (QED) is 0.494. The molecule has 114 valence electrons. The van der Waals surface area contributed by atoms with Gasteiger partial charge in [-0.15, -0.1) is 0 Å². The summed E-state index contributed by atoms with van der Waals surface area (Å²) in [4.78, 5) is 12.4. The number of rotatable bonds is 8. The predicted molar refractivity (Wildman–Crippen MR) is 80.5 cm³/mol. The van der Waals surface area contributed by atoms with Crippen molar-refractivity contribution in [2.45, 2.75) is 34.6 Å². The van der Waals surface area contributed by atoms with Gasteiger partial charge in [0.2, 0.25) is 11.9 Å². The van der Waals surface area contributed by atoms with Crippen LogP contribution in [0.3, 0.4) is 0 Å². The standard InChI is InChI=1S/C13H26N6O/c1-6-20-13-17-11(16-12(18-13)19-14)15-7-10(8(2)3)9(4)5/h8-10H,6-7,14H2,1-5H3,(H2,15,16,17,18,19). The lowest BCUT2D eigenvalue weighted by Crippen LogP contribution is -2.25. The Bertz CT molecular complexity index is 402. The van der Waals surface area contributed by atoms with Gasteiger partial charge < -0.3 is 10.1 Å². The van der Waals surface area contributed by atoms with Crippen LogP contribution >= 0.6 is 0 Å². The maximum atomic E-state index is 5.35. The molecule has 0 bridgehead atoms. The monoisotopic (exact) mass is 282 g/mol. The van der Waals surface area contributed by atoms with Crippen LogP contribution in [0.15, 0.2) is 0 Å². The van der Waals surface area contributed by atoms with E-state index in [0.717, 1.165) is 6.54 Å². The summed E-state index contributed by atoms with van der Waals surface area (Å²) in [6, 6.07) is 0.267. The molecule has 1 aromatic heterocycles. The molecule has 0 saturated carbocycles. The number of hydrazine groups is 1. The molecule has 0 aliphatic heterocycles. The van der Waals surface area contributed by atoms with E-state index in [0.29, 0.717) is 30.3 Å². The Kier molecular flexibility index (Phi) is 6.44. The van der Waals surface area contributed by atoms with Gasteiger partial charge in [0.25, 0.3) is 0 Å². The number of nitrogen functional groups attached to an aromatic ring is 1. The average Bonchev–Trinajstić information content (AvgIpc) is 2.38. The van der Waals surface area contributed by atoms with Crippen LogP contribution in [0.4, 0.5) is 11.9 Å². The van der Waals surface area contributed by atoms with E-state index in [1.807, 2.05) is 6.92 Å². The van der Waals surface area contributed by atoms with Crippen LogP contribution in [0.2, 0.25) is 0 Å². The predicted octanol–water partition coefficient (Wildman–Crippen LogP) is 1.90. The minimum absolute atomic E-state index is 0.267. The fourth-order valence-corrected chi connectivity index (χ4v) is 2.14. The maximum absolute atomic E-state index is 5.35. The van der Waals surface area contributed by atoms with E-state index in [-0.39, 0.29) is 12.0 Å². The average molecular weight is 282 g/mol. The number of nitrogens with two attached hydrogens (primary N) is 1. The summed E-state index contributed by atoms with van der Waals surface area (Å²) in [5.41, 5.74) is 2.42. The molecule has 4 N–H and O–H groups in total. The van der Waals surface area contributed by atoms with Gasteiger partial charge in [-0.25, -0.2) is 5.84 Å². The van der Waals surface area contributed by atoms with Gasteiger partial charge in [0, 0.05) is 6.54 Å². The van der Waals surface area contributed by atoms with Crippen molar-refractivity contribution in [2.24, 2.45) is 23.6 Å². The maximum Gasteiger partial charge on any atom is 0.323 e. The molecule has 0 spiro atoms. The Balaban J connectivity index is 2.77. The highest BCUT2D eigenvalue weighted by molar-refractivity contribution is 5.34. The van der Waals surface area contributed by atoms with Crippen LogP contribution in [0.5, 0.6) is 6.01 Å². The molecule has 0 unspecified atom stereocenters. The van der Waals surface area contributed by atoms with Crippen LogP contribution in [0.1, 0.15) is 34.6 Å². The summed E-state index contributed by atoms with van der Waals surface area (Å²) >= 11 is 0. The van der Waals surface area contributed by atoms with E-state index in [1.165, 1.54) is 0 Å². The lowest BCUT2D eigenvalue weighted by Gasteiger charge is -2.25. The van der Waals surface area contributed by atoms with E-state index in [9.17, 15) is 0 Å². The molecule has 1 heterocycles. The first-order valence-electron chi connectivity index (χ1n) is 7.07. The highest BCUT2D eigenvalue weighted by atomic mass is 16.5. The van der Waals surface area contributed by atoms with Crippen molar-refractivity contribution in [1.82, 2.24) is 15.0 Å². The fourth-order valence-electron chi connectivity index (χ4n) is 2.14. The molecule has 1 rings (SSSR count). The molecular formula is C13H26N6O. The molecule has 0 aliphatic rings. The van der Waals surface area contributed by atoms with E-state index >= 15 is 0 Å². The largest absolute Gasteiger partial charge is 0.464 e. The molecule has 0 saturated heterocycles. The van der Waals surface area contributed by atoms with Crippen LogP contribution in [-0.2, 0) is 0 Å². The minimum atomic E-state index is 0.267. The molecule has 0 fully saturated rings. The topological polar surface area (TPSA) is 98.0 Å². The Morgan fingerprint density at radius 3 is 2.15 bits per heavy atom. The number of ether oxygens (including phenoxy) is 1. The summed E-state index contributed by atoms with van der Waals surface area (Å²) in [6.07, 6.45) is 0. The van der Waals surface area contributed by atoms with Gasteiger partial charge in [0.05, 0.1) is 6.61 Å². The van der Waals surface area contributed by atoms with Crippen molar-refractivity contribution in [1.29, 1.82) is 0 Å². The van der Waals surface area contributed by atoms with E-state index in [2.05, 4.69) is 53.4 Å². The molecular weight excluding hydrogens is 256 g/mol. The number of nitrogens with one attached hydrogen (secondary N) is 2. The number of nitrogens with zero attached hydrogens (tertiary/aromatic N) is 3. The van der Waals surface area contributed by atoms with Gasteiger partial charge in [-0.2, -0.15) is 15.0 Å². The highest BCUT2D eigenvalue weighted by Crippen LogP contribution is 2.21. The van der Waals surface area contributed by atoms with Crippen molar-refractivity contribution in [3.8, 4) is 6.01 Å². The number of aromatic nitrogens is 3. The highest BCUT2D eigenvalue weighted by Gasteiger charge is 2.18. The van der Waals surface area contributed by atoms with Crippen molar-refractivity contribution in [2.75, 3.05) is 23.9 Å². The van der Waals surface area contributed by atoms with Crippen molar-refractivity contribution >= 4 is 11.9 Å². The molecule has 20 heavy (non-hydrogen) atoms. The molecule has 7 heteroatoms. The summed E-state index contributed by atoms with van der Waals surface area (Å²) in [5.74, 6) is 7.82. The number of anilines is 2. The summed E-state index contributed by atoms with van der Waals surface area (Å²) in [5, 5.41) is 3.24. The van der Waals surface area contributed by atoms with E-state index in [1.54, 1.807) is 0 Å². The third-order valence-electron chi connectivity index (χ3n) is 3.23. The van der Waals surface area contributed by atoms with Crippen molar-refractivity contribution in [3.05, 3.63) is 0 Å². The van der Waals surface area contributed by atoms with E-state index < -0.39 is 0 Å². The molecule has 0 aromatic carbocycles. The zero-order chi connectivity index (χ0) is 15.1. The first-order chi connectivity index (χ1) is 9.47. The minimum Gasteiger partial charge on any atom is -0.464 e. The Hall–Kier alpha value is -1.63. The summed E-state index contributed by atoms with van der Waals surface area (Å²) < 4.78 is 5.29. The zero-order valence-electron chi connectivity index (χ0n) is 13.0. The van der Waals surface area contributed by atoms with Gasteiger partial charge >= 0.3 is 6.01 Å². The SMILES string of the molecule is CCOc1nc(NN)nc(NCC(C(C)C)C(C)C)n1. The molecule has 0 aliphatic carbocycles. The van der Waals surface area contributed by atoms with Crippen LogP contribution in [0.25, 0.3) is 0 Å². The Labute approximate surface area is 120 Å². The first-order valence-corrected chi connectivity index (χ1v) is 7.07. The normalized spacial score (nSPS) is 11.2. The molecule has 0 atom stereocenters. The van der Waals surface area contributed by atoms with Gasteiger partial charge in [0.15, 0.2) is 0 Å². The van der Waals surface area contributed by atoms with Gasteiger partial charge in [-0.3, -0.25) is 5.43 Å². The van der Waals surface area contributed by atoms with Gasteiger partial charge in [-0.05, 0) is 24.7 Å². The molecule has 0 radical (unpaired) electrons. The fraction of sp³-hybridized carbons (Fsp3) is 0.769. The second-order valence-corrected chi connectivity index (χ2v) is 5.38. The number of hydrogen-bond donors (Lipinski definition) is 3. The lowest BCUT2D eigenvalue weighted by atomic mass is 9.85. The van der Waals surface area contributed by atoms with Gasteiger partial charge in [-0.1, -0.05) is 27.7 Å². The molecule has 1 aromatic rings. The zero-order valence-corrected chi connectivity index (χ0v) is 13.0. The van der Waals surface area contributed by atoms with Crippen LogP contribution < -0.4 is 21.3 Å². The Morgan fingerprint density at radius 1 is 1.05 bits per heavy atom. The Morgan fingerprint density at radius 2 is 1.65 bits per heavy atom. The summed E-state index contributed by atoms with van der Waals surface area (Å²) in [7, 11) is 0. The van der Waals surface area contributed by atoms with E-state index in [4.69, 9.17) is 10.6 Å². The molecule has 7 nitrogen and oxygen atoms in total. The molecule has 0 amide bonds.